The fraction of sp³-hybridized carbons (Fsp3) is 0.304. The third kappa shape index (κ3) is 5.11. The minimum atomic E-state index is -0.114. The van der Waals surface area contributed by atoms with Gasteiger partial charge in [0.25, 0.3) is 11.8 Å². The monoisotopic (exact) mass is 451 g/mol. The second-order valence-electron chi connectivity index (χ2n) is 7.59. The summed E-state index contributed by atoms with van der Waals surface area (Å²) in [7, 11) is 0. The van der Waals surface area contributed by atoms with Crippen molar-refractivity contribution in [3.8, 4) is 17.3 Å². The molecule has 1 amide bonds. The Labute approximate surface area is 190 Å². The average Bonchev–Trinajstić information content (AvgIpc) is 3.54. The molecule has 0 radical (unpaired) electrons. The van der Waals surface area contributed by atoms with Crippen molar-refractivity contribution < 1.29 is 13.6 Å². The standard InChI is InChI=1S/C23H25N5O3S/c1-15(2)21-13-20(23-26-25-16(3)31-23)27-28(21)18-7-4-6-17(12-18)22(29)24-9-11-32-14-19-8-5-10-30-19/h4-8,10,12-13,15H,9,11,14H2,1-3H3,(H,24,29). The van der Waals surface area contributed by atoms with Crippen molar-refractivity contribution in [2.75, 3.05) is 12.3 Å². The van der Waals surface area contributed by atoms with Crippen LogP contribution in [0.25, 0.3) is 17.3 Å². The van der Waals surface area contributed by atoms with Gasteiger partial charge in [0.05, 0.1) is 17.7 Å². The van der Waals surface area contributed by atoms with Crippen LogP contribution in [0.5, 0.6) is 0 Å². The van der Waals surface area contributed by atoms with E-state index in [1.54, 1.807) is 31.0 Å². The number of nitrogens with zero attached hydrogens (tertiary/aromatic N) is 4. The van der Waals surface area contributed by atoms with E-state index in [0.29, 0.717) is 29.6 Å². The molecule has 0 aliphatic rings. The molecule has 4 aromatic rings. The number of thioether (sulfide) groups is 1. The van der Waals surface area contributed by atoms with E-state index in [9.17, 15) is 4.79 Å². The third-order valence-corrected chi connectivity index (χ3v) is 5.76. The van der Waals surface area contributed by atoms with Gasteiger partial charge in [0.2, 0.25) is 5.89 Å². The molecular weight excluding hydrogens is 426 g/mol. The Kier molecular flexibility index (Phi) is 6.75. The summed E-state index contributed by atoms with van der Waals surface area (Å²) in [4.78, 5) is 12.7. The maximum Gasteiger partial charge on any atom is 0.268 e. The van der Waals surface area contributed by atoms with E-state index in [-0.39, 0.29) is 11.8 Å². The van der Waals surface area contributed by atoms with Gasteiger partial charge in [-0.2, -0.15) is 16.9 Å². The zero-order valence-corrected chi connectivity index (χ0v) is 19.1. The molecule has 1 aromatic carbocycles. The van der Waals surface area contributed by atoms with Gasteiger partial charge in [-0.1, -0.05) is 19.9 Å². The molecule has 1 N–H and O–H groups in total. The molecule has 0 spiro atoms. The van der Waals surface area contributed by atoms with Crippen LogP contribution in [0, 0.1) is 6.92 Å². The number of amides is 1. The van der Waals surface area contributed by atoms with Crippen LogP contribution < -0.4 is 5.32 Å². The summed E-state index contributed by atoms with van der Waals surface area (Å²) in [6, 6.07) is 13.2. The Morgan fingerprint density at radius 3 is 2.78 bits per heavy atom. The first kappa shape index (κ1) is 21.9. The number of carbonyl (C=O) groups excluding carboxylic acids is 1. The second kappa shape index (κ2) is 9.86. The molecule has 8 nitrogen and oxygen atoms in total. The molecule has 0 unspecified atom stereocenters. The summed E-state index contributed by atoms with van der Waals surface area (Å²) in [6.45, 7) is 6.50. The zero-order valence-electron chi connectivity index (χ0n) is 18.2. The Bertz CT molecular complexity index is 1180. The van der Waals surface area contributed by atoms with E-state index in [4.69, 9.17) is 8.83 Å². The highest BCUT2D eigenvalue weighted by atomic mass is 32.2. The van der Waals surface area contributed by atoms with E-state index in [1.807, 2.05) is 41.1 Å². The number of nitrogens with one attached hydrogen (secondary N) is 1. The van der Waals surface area contributed by atoms with Gasteiger partial charge in [-0.15, -0.1) is 10.2 Å². The third-order valence-electron chi connectivity index (χ3n) is 4.78. The van der Waals surface area contributed by atoms with Crippen molar-refractivity contribution in [2.45, 2.75) is 32.4 Å². The van der Waals surface area contributed by atoms with Gasteiger partial charge in [0.15, 0.2) is 0 Å². The normalized spacial score (nSPS) is 11.2. The molecule has 0 aliphatic heterocycles. The Balaban J connectivity index is 1.45. The topological polar surface area (TPSA) is 99.0 Å². The number of aryl methyl sites for hydroxylation is 1. The van der Waals surface area contributed by atoms with Crippen LogP contribution >= 0.6 is 11.8 Å². The number of hydrogen-bond donors (Lipinski definition) is 1. The fourth-order valence-corrected chi connectivity index (χ4v) is 3.96. The molecule has 0 fully saturated rings. The van der Waals surface area contributed by atoms with Gasteiger partial charge in [0.1, 0.15) is 11.5 Å². The predicted molar refractivity (Wildman–Crippen MR) is 123 cm³/mol. The summed E-state index contributed by atoms with van der Waals surface area (Å²) in [5.74, 6) is 3.49. The van der Waals surface area contributed by atoms with Crippen molar-refractivity contribution in [1.29, 1.82) is 0 Å². The number of hydrogen-bond acceptors (Lipinski definition) is 7. The summed E-state index contributed by atoms with van der Waals surface area (Å²) < 4.78 is 12.7. The number of rotatable bonds is 9. The lowest BCUT2D eigenvalue weighted by molar-refractivity contribution is 0.0956. The van der Waals surface area contributed by atoms with E-state index in [1.165, 1.54) is 0 Å². The summed E-state index contributed by atoms with van der Waals surface area (Å²) in [5.41, 5.74) is 2.98. The number of aromatic nitrogens is 4. The quantitative estimate of drug-likeness (QED) is 0.371. The second-order valence-corrected chi connectivity index (χ2v) is 8.69. The van der Waals surface area contributed by atoms with Crippen molar-refractivity contribution in [3.63, 3.8) is 0 Å². The SMILES string of the molecule is Cc1nnc(-c2cc(C(C)C)n(-c3cccc(C(=O)NCCSCc4ccco4)c3)n2)o1. The molecule has 0 aliphatic carbocycles. The molecule has 3 heterocycles. The van der Waals surface area contributed by atoms with E-state index >= 15 is 0 Å². The predicted octanol–water partition coefficient (Wildman–Crippen LogP) is 4.61. The Hall–Kier alpha value is -3.33. The van der Waals surface area contributed by atoms with E-state index in [0.717, 1.165) is 28.6 Å². The van der Waals surface area contributed by atoms with Crippen LogP contribution in [0.4, 0.5) is 0 Å². The molecule has 0 saturated carbocycles. The van der Waals surface area contributed by atoms with Crippen molar-refractivity contribution in [3.05, 3.63) is 71.6 Å². The maximum absolute atomic E-state index is 12.7. The highest BCUT2D eigenvalue weighted by Crippen LogP contribution is 2.26. The highest BCUT2D eigenvalue weighted by molar-refractivity contribution is 7.98. The van der Waals surface area contributed by atoms with Gasteiger partial charge in [-0.05, 0) is 42.3 Å². The molecule has 0 saturated heterocycles. The first-order valence-corrected chi connectivity index (χ1v) is 11.6. The molecule has 166 valence electrons. The summed E-state index contributed by atoms with van der Waals surface area (Å²) >= 11 is 1.71. The van der Waals surface area contributed by atoms with E-state index in [2.05, 4.69) is 34.5 Å². The van der Waals surface area contributed by atoms with Crippen LogP contribution in [0.1, 0.15) is 47.5 Å². The fourth-order valence-electron chi connectivity index (χ4n) is 3.20. The van der Waals surface area contributed by atoms with Gasteiger partial charge in [0, 0.05) is 30.5 Å². The smallest absolute Gasteiger partial charge is 0.268 e. The Morgan fingerprint density at radius 2 is 2.06 bits per heavy atom. The van der Waals surface area contributed by atoms with Crippen LogP contribution in [0.3, 0.4) is 0 Å². The van der Waals surface area contributed by atoms with Gasteiger partial charge in [-0.3, -0.25) is 4.79 Å². The van der Waals surface area contributed by atoms with Gasteiger partial charge in [-0.25, -0.2) is 4.68 Å². The largest absolute Gasteiger partial charge is 0.468 e. The molecular formula is C23H25N5O3S. The molecule has 9 heteroatoms. The number of carbonyl (C=O) groups is 1. The van der Waals surface area contributed by atoms with Crippen LogP contribution in [0.2, 0.25) is 0 Å². The zero-order chi connectivity index (χ0) is 22.5. The molecule has 32 heavy (non-hydrogen) atoms. The van der Waals surface area contributed by atoms with Crippen LogP contribution in [-0.4, -0.2) is 38.2 Å². The summed E-state index contributed by atoms with van der Waals surface area (Å²) in [5, 5.41) is 15.6. The van der Waals surface area contributed by atoms with Crippen LogP contribution in [0.15, 0.2) is 57.6 Å². The summed E-state index contributed by atoms with van der Waals surface area (Å²) in [6.07, 6.45) is 1.67. The lowest BCUT2D eigenvalue weighted by Gasteiger charge is -2.11. The molecule has 0 bridgehead atoms. The lowest BCUT2D eigenvalue weighted by atomic mass is 10.1. The minimum absolute atomic E-state index is 0.114. The molecule has 3 aromatic heterocycles. The van der Waals surface area contributed by atoms with Crippen LogP contribution in [-0.2, 0) is 5.75 Å². The van der Waals surface area contributed by atoms with E-state index < -0.39 is 0 Å². The van der Waals surface area contributed by atoms with Gasteiger partial charge >= 0.3 is 0 Å². The average molecular weight is 452 g/mol. The van der Waals surface area contributed by atoms with Crippen molar-refractivity contribution in [2.24, 2.45) is 0 Å². The maximum atomic E-state index is 12.7. The Morgan fingerprint density at radius 1 is 1.19 bits per heavy atom. The number of benzene rings is 1. The van der Waals surface area contributed by atoms with Crippen molar-refractivity contribution >= 4 is 17.7 Å². The molecule has 0 atom stereocenters. The molecule has 4 rings (SSSR count). The minimum Gasteiger partial charge on any atom is -0.468 e. The first-order valence-electron chi connectivity index (χ1n) is 10.4. The van der Waals surface area contributed by atoms with Gasteiger partial charge < -0.3 is 14.2 Å². The highest BCUT2D eigenvalue weighted by Gasteiger charge is 2.18. The lowest BCUT2D eigenvalue weighted by Crippen LogP contribution is -2.25. The first-order chi connectivity index (χ1) is 15.5. The number of furan rings is 1. The van der Waals surface area contributed by atoms with Crippen molar-refractivity contribution in [1.82, 2.24) is 25.3 Å².